The molecular formula is C36H35N2OPPt. The summed E-state index contributed by atoms with van der Waals surface area (Å²) >= 11 is 0. The summed E-state index contributed by atoms with van der Waals surface area (Å²) in [5, 5.41) is 2.00. The van der Waals surface area contributed by atoms with E-state index in [4.69, 9.17) is 0 Å². The Hall–Kier alpha value is -3.12. The zero-order valence-electron chi connectivity index (χ0n) is 24.4. The molecule has 0 atom stereocenters. The van der Waals surface area contributed by atoms with Gasteiger partial charge in [-0.1, -0.05) is 94.6 Å². The molecule has 0 radical (unpaired) electrons. The van der Waals surface area contributed by atoms with Gasteiger partial charge in [-0.05, 0) is 45.5 Å². The van der Waals surface area contributed by atoms with Gasteiger partial charge in [-0.25, -0.2) is 0 Å². The fourth-order valence-corrected chi connectivity index (χ4v) is 7.27. The van der Waals surface area contributed by atoms with E-state index in [2.05, 4.69) is 75.8 Å². The van der Waals surface area contributed by atoms with Gasteiger partial charge in [-0.3, -0.25) is 0 Å². The Morgan fingerprint density at radius 2 is 1.02 bits per heavy atom. The van der Waals surface area contributed by atoms with Gasteiger partial charge < -0.3 is 14.5 Å². The molecule has 2 heterocycles. The van der Waals surface area contributed by atoms with E-state index in [1.165, 1.54) is 11.1 Å². The van der Waals surface area contributed by atoms with E-state index in [0.717, 1.165) is 27.8 Å². The number of nitrogens with zero attached hydrogens (tertiary/aromatic N) is 2. The van der Waals surface area contributed by atoms with Gasteiger partial charge >= 0.3 is 21.1 Å². The van der Waals surface area contributed by atoms with Crippen LogP contribution in [-0.4, -0.2) is 9.97 Å². The molecule has 0 aliphatic heterocycles. The molecule has 5 heteroatoms. The Morgan fingerprint density at radius 3 is 1.44 bits per heavy atom. The fraction of sp³-hybridized carbons (Fsp3) is 0.222. The quantitative estimate of drug-likeness (QED) is 0.138. The van der Waals surface area contributed by atoms with Crippen LogP contribution in [0.5, 0.6) is 0 Å². The first-order valence-electron chi connectivity index (χ1n) is 13.6. The van der Waals surface area contributed by atoms with Crippen molar-refractivity contribution in [1.82, 2.24) is 9.97 Å². The van der Waals surface area contributed by atoms with Crippen molar-refractivity contribution in [2.45, 2.75) is 52.4 Å². The predicted molar refractivity (Wildman–Crippen MR) is 167 cm³/mol. The molecule has 210 valence electrons. The van der Waals surface area contributed by atoms with Crippen molar-refractivity contribution in [3.8, 4) is 22.5 Å². The third-order valence-corrected chi connectivity index (χ3v) is 10.1. The Morgan fingerprint density at radius 1 is 0.585 bits per heavy atom. The van der Waals surface area contributed by atoms with Gasteiger partial charge in [-0.15, -0.1) is 59.7 Å². The van der Waals surface area contributed by atoms with Crippen molar-refractivity contribution in [1.29, 1.82) is 0 Å². The van der Waals surface area contributed by atoms with E-state index in [1.807, 2.05) is 91.3 Å². The second kappa shape index (κ2) is 12.0. The zero-order valence-corrected chi connectivity index (χ0v) is 27.5. The minimum Gasteiger partial charge on any atom is -0.312 e. The van der Waals surface area contributed by atoms with E-state index in [-0.39, 0.29) is 31.9 Å². The summed E-state index contributed by atoms with van der Waals surface area (Å²) in [6.07, 6.45) is 3.67. The van der Waals surface area contributed by atoms with Gasteiger partial charge in [0.05, 0.1) is 0 Å². The molecule has 0 N–H and O–H groups in total. The molecule has 3 aromatic carbocycles. The molecule has 2 aromatic heterocycles. The van der Waals surface area contributed by atoms with Gasteiger partial charge in [0.1, 0.15) is 7.14 Å². The van der Waals surface area contributed by atoms with Crippen LogP contribution in [0.2, 0.25) is 0 Å². The number of benzene rings is 3. The van der Waals surface area contributed by atoms with Crippen LogP contribution in [0.4, 0.5) is 0 Å². The van der Waals surface area contributed by atoms with Crippen LogP contribution in [0.1, 0.15) is 52.7 Å². The van der Waals surface area contributed by atoms with Gasteiger partial charge in [0, 0.05) is 17.7 Å². The summed E-state index contributed by atoms with van der Waals surface area (Å²) in [7, 11) is -3.33. The fourth-order valence-electron chi connectivity index (χ4n) is 4.71. The maximum absolute atomic E-state index is 15.3. The Bertz CT molecular complexity index is 1600. The predicted octanol–water partition coefficient (Wildman–Crippen LogP) is 7.64. The number of hydrogen-bond acceptors (Lipinski definition) is 3. The van der Waals surface area contributed by atoms with Crippen molar-refractivity contribution in [3.63, 3.8) is 0 Å². The molecule has 0 spiro atoms. The largest absolute Gasteiger partial charge is 2.00 e. The minimum atomic E-state index is -3.33. The molecular weight excluding hydrogens is 702 g/mol. The van der Waals surface area contributed by atoms with Crippen molar-refractivity contribution in [3.05, 3.63) is 127 Å². The van der Waals surface area contributed by atoms with Gasteiger partial charge in [0.15, 0.2) is 0 Å². The monoisotopic (exact) mass is 737 g/mol. The Labute approximate surface area is 259 Å². The van der Waals surface area contributed by atoms with Crippen molar-refractivity contribution >= 4 is 23.1 Å². The topological polar surface area (TPSA) is 42.9 Å². The van der Waals surface area contributed by atoms with Crippen molar-refractivity contribution in [2.75, 3.05) is 0 Å². The van der Waals surface area contributed by atoms with Crippen LogP contribution in [0.25, 0.3) is 22.5 Å². The summed E-state index contributed by atoms with van der Waals surface area (Å²) in [6, 6.07) is 36.6. The molecule has 3 nitrogen and oxygen atoms in total. The first-order chi connectivity index (χ1) is 19.0. The smallest absolute Gasteiger partial charge is 0.312 e. The summed E-state index contributed by atoms with van der Waals surface area (Å²) in [6.45, 7) is 13.1. The summed E-state index contributed by atoms with van der Waals surface area (Å²) < 4.78 is 15.3. The molecule has 0 aliphatic rings. The van der Waals surface area contributed by atoms with Gasteiger partial charge in [0.25, 0.3) is 0 Å². The van der Waals surface area contributed by atoms with Gasteiger partial charge in [0.2, 0.25) is 0 Å². The summed E-state index contributed by atoms with van der Waals surface area (Å²) in [5.41, 5.74) is 5.61. The average molecular weight is 738 g/mol. The minimum absolute atomic E-state index is 0. The van der Waals surface area contributed by atoms with E-state index < -0.39 is 7.14 Å². The second-order valence-corrected chi connectivity index (χ2v) is 14.9. The van der Waals surface area contributed by atoms with Gasteiger partial charge in [-0.2, -0.15) is 0 Å². The van der Waals surface area contributed by atoms with Crippen LogP contribution >= 0.6 is 7.14 Å². The van der Waals surface area contributed by atoms with Crippen molar-refractivity contribution in [2.24, 2.45) is 0 Å². The number of hydrogen-bond donors (Lipinski definition) is 0. The first kappa shape index (κ1) is 30.8. The van der Waals surface area contributed by atoms with E-state index in [0.29, 0.717) is 10.6 Å². The zero-order chi connectivity index (χ0) is 28.5. The van der Waals surface area contributed by atoms with Crippen LogP contribution in [0, 0.1) is 12.1 Å². The maximum atomic E-state index is 15.3. The summed E-state index contributed by atoms with van der Waals surface area (Å²) in [4.78, 5) is 9.27. The SMILES string of the molecule is CC(C)(C)c1ccnc(-c2[c-]c(P(=O)(c3[c-]c(-c4cc(C(C)(C)C)ccn4)ccc3)c3ccccc3)ccc2)c1.[Pt+2]. The molecule has 0 saturated carbocycles. The standard InChI is InChI=1S/C36H35N2OP.Pt/c1-35(2,3)28-18-20-37-33(24-28)26-12-10-16-31(22-26)40(39,30-14-8-7-9-15-30)32-17-11-13-27(23-32)34-25-29(19-21-38-34)36(4,5)6;/h7-21,24-25H,1-6H3;/q-2;+2. The number of aromatic nitrogens is 2. The van der Waals surface area contributed by atoms with Crippen molar-refractivity contribution < 1.29 is 25.6 Å². The normalized spacial score (nSPS) is 12.0. The summed E-state index contributed by atoms with van der Waals surface area (Å²) in [5.74, 6) is 0. The molecule has 0 aliphatic carbocycles. The third-order valence-electron chi connectivity index (χ3n) is 7.16. The molecule has 0 saturated heterocycles. The molecule has 0 unspecified atom stereocenters. The molecule has 0 bridgehead atoms. The Kier molecular flexibility index (Phi) is 9.03. The third kappa shape index (κ3) is 6.53. The number of rotatable bonds is 5. The number of pyridine rings is 2. The molecule has 5 rings (SSSR count). The molecule has 0 fully saturated rings. The Balaban J connectivity index is 0.00000387. The van der Waals surface area contributed by atoms with Crippen LogP contribution in [0.15, 0.2) is 103 Å². The molecule has 5 aromatic rings. The van der Waals surface area contributed by atoms with E-state index in [9.17, 15) is 0 Å². The van der Waals surface area contributed by atoms with E-state index >= 15 is 4.57 Å². The van der Waals surface area contributed by atoms with Crippen LogP contribution in [-0.2, 0) is 36.5 Å². The molecule has 41 heavy (non-hydrogen) atoms. The van der Waals surface area contributed by atoms with E-state index in [1.54, 1.807) is 0 Å². The maximum Gasteiger partial charge on any atom is 2.00 e. The van der Waals surface area contributed by atoms with Crippen LogP contribution in [0.3, 0.4) is 0 Å². The average Bonchev–Trinajstić information content (AvgIpc) is 2.96. The second-order valence-electron chi connectivity index (χ2n) is 12.2. The van der Waals surface area contributed by atoms with Crippen LogP contribution < -0.4 is 15.9 Å². The molecule has 0 amide bonds. The first-order valence-corrected chi connectivity index (χ1v) is 15.3.